The van der Waals surface area contributed by atoms with Gasteiger partial charge in [0.15, 0.2) is 0 Å². The molecule has 0 aromatic heterocycles. The fraction of sp³-hybridized carbons (Fsp3) is 0.0952. The molecule has 0 unspecified atom stereocenters. The van der Waals surface area contributed by atoms with Gasteiger partial charge in [-0.25, -0.2) is 0 Å². The van der Waals surface area contributed by atoms with Crippen LogP contribution in [0.3, 0.4) is 0 Å². The Bertz CT molecular complexity index is 881. The Hall–Kier alpha value is -2.49. The lowest BCUT2D eigenvalue weighted by molar-refractivity contribution is 0.107. The average Bonchev–Trinajstić information content (AvgIpc) is 2.67. The number of benzene rings is 3. The van der Waals surface area contributed by atoms with E-state index in [2.05, 4.69) is 0 Å². The van der Waals surface area contributed by atoms with E-state index in [-0.39, 0.29) is 5.56 Å². The van der Waals surface area contributed by atoms with Crippen molar-refractivity contribution >= 4 is 28.4 Å². The lowest BCUT2D eigenvalue weighted by Gasteiger charge is -2.14. The van der Waals surface area contributed by atoms with Crippen molar-refractivity contribution in [3.8, 4) is 11.5 Å². The third-order valence-electron chi connectivity index (χ3n) is 3.72. The zero-order chi connectivity index (χ0) is 18.4. The Morgan fingerprint density at radius 1 is 0.769 bits per heavy atom. The van der Waals surface area contributed by atoms with Crippen molar-refractivity contribution in [3.63, 3.8) is 0 Å². The van der Waals surface area contributed by atoms with Crippen molar-refractivity contribution < 1.29 is 14.3 Å². The van der Waals surface area contributed by atoms with Crippen LogP contribution >= 0.6 is 23.2 Å². The molecule has 0 fully saturated rings. The smallest absolute Gasteiger partial charge is 0.256 e. The highest BCUT2D eigenvalue weighted by Crippen LogP contribution is 2.34. The first-order chi connectivity index (χ1) is 12.6. The van der Waals surface area contributed by atoms with Gasteiger partial charge in [0.1, 0.15) is 24.7 Å². The van der Waals surface area contributed by atoms with E-state index in [0.717, 1.165) is 11.1 Å². The average molecular weight is 387 g/mol. The molecule has 3 nitrogen and oxygen atoms in total. The molecule has 0 radical (unpaired) electrons. The molecular formula is C21H16Cl2O3. The number of hydrogen-bond donors (Lipinski definition) is 0. The molecule has 0 heterocycles. The summed E-state index contributed by atoms with van der Waals surface area (Å²) in [7, 11) is 0. The molecule has 0 aliphatic carbocycles. The van der Waals surface area contributed by atoms with Crippen molar-refractivity contribution in [1.82, 2.24) is 0 Å². The number of carbonyl (C=O) groups excluding carboxylic acids is 1. The number of ether oxygens (including phenoxy) is 2. The standard InChI is InChI=1S/C21H16Cl2O3/c22-18-11-17(21(23)24)19(25-13-15-7-3-1-4-8-15)12-20(18)26-14-16-9-5-2-6-10-16/h1-12H,13-14H2. The number of carbonyl (C=O) groups is 1. The minimum Gasteiger partial charge on any atom is -0.488 e. The van der Waals surface area contributed by atoms with Crippen LogP contribution in [0.1, 0.15) is 21.5 Å². The number of hydrogen-bond acceptors (Lipinski definition) is 3. The second-order valence-electron chi connectivity index (χ2n) is 5.60. The van der Waals surface area contributed by atoms with Gasteiger partial charge in [-0.2, -0.15) is 0 Å². The van der Waals surface area contributed by atoms with E-state index in [9.17, 15) is 4.79 Å². The van der Waals surface area contributed by atoms with Crippen molar-refractivity contribution in [2.45, 2.75) is 13.2 Å². The van der Waals surface area contributed by atoms with E-state index in [0.29, 0.717) is 29.7 Å². The maximum absolute atomic E-state index is 11.7. The summed E-state index contributed by atoms with van der Waals surface area (Å²) >= 11 is 11.9. The molecule has 26 heavy (non-hydrogen) atoms. The minimum absolute atomic E-state index is 0.208. The molecule has 0 amide bonds. The predicted molar refractivity (Wildman–Crippen MR) is 103 cm³/mol. The normalized spacial score (nSPS) is 10.4. The molecule has 0 atom stereocenters. The molecule has 0 saturated heterocycles. The molecule has 0 aliphatic heterocycles. The summed E-state index contributed by atoms with van der Waals surface area (Å²) in [5, 5.41) is -0.332. The third-order valence-corrected chi connectivity index (χ3v) is 4.22. The van der Waals surface area contributed by atoms with Gasteiger partial charge in [0, 0.05) is 6.07 Å². The summed E-state index contributed by atoms with van der Waals surface area (Å²) < 4.78 is 11.6. The Balaban J connectivity index is 1.80. The van der Waals surface area contributed by atoms with Gasteiger partial charge in [0.25, 0.3) is 5.24 Å². The monoisotopic (exact) mass is 386 g/mol. The first-order valence-corrected chi connectivity index (χ1v) is 8.76. The first kappa shape index (κ1) is 18.3. The zero-order valence-electron chi connectivity index (χ0n) is 13.8. The van der Waals surface area contributed by atoms with Gasteiger partial charge < -0.3 is 9.47 Å². The van der Waals surface area contributed by atoms with Crippen LogP contribution in [0.5, 0.6) is 11.5 Å². The van der Waals surface area contributed by atoms with Crippen LogP contribution in [0.25, 0.3) is 0 Å². The van der Waals surface area contributed by atoms with E-state index in [4.69, 9.17) is 32.7 Å². The van der Waals surface area contributed by atoms with Crippen LogP contribution in [0.15, 0.2) is 72.8 Å². The van der Waals surface area contributed by atoms with Crippen LogP contribution in [-0.4, -0.2) is 5.24 Å². The highest BCUT2D eigenvalue weighted by Gasteiger charge is 2.16. The Kier molecular flexibility index (Phi) is 6.16. The fourth-order valence-corrected chi connectivity index (χ4v) is 2.75. The molecule has 0 aliphatic rings. The molecule has 3 aromatic carbocycles. The SMILES string of the molecule is O=C(Cl)c1cc(Cl)c(OCc2ccccc2)cc1OCc1ccccc1. The Morgan fingerprint density at radius 3 is 1.77 bits per heavy atom. The van der Waals surface area contributed by atoms with Gasteiger partial charge >= 0.3 is 0 Å². The van der Waals surface area contributed by atoms with Gasteiger partial charge in [0.2, 0.25) is 0 Å². The molecule has 0 bridgehead atoms. The van der Waals surface area contributed by atoms with Crippen LogP contribution in [0.4, 0.5) is 0 Å². The molecule has 132 valence electrons. The molecule has 0 spiro atoms. The molecule has 3 aromatic rings. The minimum atomic E-state index is -0.635. The van der Waals surface area contributed by atoms with Gasteiger partial charge in [-0.1, -0.05) is 72.3 Å². The van der Waals surface area contributed by atoms with Crippen molar-refractivity contribution in [1.29, 1.82) is 0 Å². The van der Waals surface area contributed by atoms with E-state index in [1.54, 1.807) is 6.07 Å². The van der Waals surface area contributed by atoms with Crippen LogP contribution in [0, 0.1) is 0 Å². The molecule has 0 saturated carbocycles. The maximum Gasteiger partial charge on any atom is 0.256 e. The summed E-state index contributed by atoms with van der Waals surface area (Å²) in [6.45, 7) is 0.657. The highest BCUT2D eigenvalue weighted by molar-refractivity contribution is 6.68. The van der Waals surface area contributed by atoms with Gasteiger partial charge in [0.05, 0.1) is 10.6 Å². The molecule has 3 rings (SSSR count). The Labute approximate surface area is 162 Å². The van der Waals surface area contributed by atoms with Gasteiger partial charge in [-0.05, 0) is 28.8 Å². The molecular weight excluding hydrogens is 371 g/mol. The highest BCUT2D eigenvalue weighted by atomic mass is 35.5. The van der Waals surface area contributed by atoms with Crippen LogP contribution < -0.4 is 9.47 Å². The number of halogens is 2. The van der Waals surface area contributed by atoms with Crippen LogP contribution in [-0.2, 0) is 13.2 Å². The second-order valence-corrected chi connectivity index (χ2v) is 6.35. The second kappa shape index (κ2) is 8.75. The summed E-state index contributed by atoms with van der Waals surface area (Å²) in [5.41, 5.74) is 2.19. The summed E-state index contributed by atoms with van der Waals surface area (Å²) in [6, 6.07) is 22.4. The van der Waals surface area contributed by atoms with Crippen molar-refractivity contribution in [2.75, 3.05) is 0 Å². The molecule has 0 N–H and O–H groups in total. The number of rotatable bonds is 7. The third kappa shape index (κ3) is 4.78. The zero-order valence-corrected chi connectivity index (χ0v) is 15.3. The predicted octanol–water partition coefficient (Wildman–Crippen LogP) is 5.88. The fourth-order valence-electron chi connectivity index (χ4n) is 2.39. The Morgan fingerprint density at radius 2 is 1.27 bits per heavy atom. The summed E-state index contributed by atoms with van der Waals surface area (Å²) in [4.78, 5) is 11.7. The lowest BCUT2D eigenvalue weighted by Crippen LogP contribution is -2.03. The van der Waals surface area contributed by atoms with E-state index < -0.39 is 5.24 Å². The van der Waals surface area contributed by atoms with E-state index >= 15 is 0 Å². The summed E-state index contributed by atoms with van der Waals surface area (Å²) in [6.07, 6.45) is 0. The first-order valence-electron chi connectivity index (χ1n) is 8.00. The van der Waals surface area contributed by atoms with Crippen molar-refractivity contribution in [2.24, 2.45) is 0 Å². The largest absolute Gasteiger partial charge is 0.488 e. The lowest BCUT2D eigenvalue weighted by atomic mass is 10.2. The van der Waals surface area contributed by atoms with E-state index in [1.165, 1.54) is 6.07 Å². The van der Waals surface area contributed by atoms with E-state index in [1.807, 2.05) is 60.7 Å². The molecule has 5 heteroatoms. The topological polar surface area (TPSA) is 35.5 Å². The van der Waals surface area contributed by atoms with Gasteiger partial charge in [-0.3, -0.25) is 4.79 Å². The van der Waals surface area contributed by atoms with Crippen LogP contribution in [0.2, 0.25) is 5.02 Å². The maximum atomic E-state index is 11.7. The van der Waals surface area contributed by atoms with Gasteiger partial charge in [-0.15, -0.1) is 0 Å². The summed E-state index contributed by atoms with van der Waals surface area (Å²) in [5.74, 6) is 0.765. The quantitative estimate of drug-likeness (QED) is 0.475. The van der Waals surface area contributed by atoms with Crippen molar-refractivity contribution in [3.05, 3.63) is 94.5 Å².